The molecular weight excluding hydrogens is 422 g/mol. The van der Waals surface area contributed by atoms with E-state index in [4.69, 9.17) is 0 Å². The number of benzene rings is 3. The third-order valence-corrected chi connectivity index (χ3v) is 7.70. The normalized spacial score (nSPS) is 15.4. The number of nitrogens with zero attached hydrogens (tertiary/aromatic N) is 3. The summed E-state index contributed by atoms with van der Waals surface area (Å²) < 4.78 is 26.9. The van der Waals surface area contributed by atoms with Crippen molar-refractivity contribution >= 4 is 26.7 Å². The van der Waals surface area contributed by atoms with E-state index in [1.165, 1.54) is 15.1 Å². The SMILES string of the molecule is CN(CC(=O)N1CCN(S(=O)(=O)Cc2ccccc2)CC1)Cc1ccc2ccccc2c1. The van der Waals surface area contributed by atoms with Crippen LogP contribution in [0.5, 0.6) is 0 Å². The Balaban J connectivity index is 1.28. The van der Waals surface area contributed by atoms with Crippen LogP contribution in [-0.2, 0) is 27.1 Å². The molecule has 0 saturated carbocycles. The van der Waals surface area contributed by atoms with Crippen molar-refractivity contribution in [3.05, 3.63) is 83.9 Å². The highest BCUT2D eigenvalue weighted by Gasteiger charge is 2.29. The lowest BCUT2D eigenvalue weighted by atomic mass is 10.1. The van der Waals surface area contributed by atoms with Gasteiger partial charge >= 0.3 is 0 Å². The van der Waals surface area contributed by atoms with Crippen LogP contribution in [0.15, 0.2) is 72.8 Å². The van der Waals surface area contributed by atoms with E-state index in [0.29, 0.717) is 39.3 Å². The Kier molecular flexibility index (Phi) is 6.89. The molecule has 3 aromatic carbocycles. The first kappa shape index (κ1) is 22.5. The van der Waals surface area contributed by atoms with Crippen LogP contribution in [0, 0.1) is 0 Å². The van der Waals surface area contributed by atoms with Crippen LogP contribution in [0.4, 0.5) is 0 Å². The van der Waals surface area contributed by atoms with Gasteiger partial charge in [0.15, 0.2) is 0 Å². The second kappa shape index (κ2) is 9.81. The highest BCUT2D eigenvalue weighted by atomic mass is 32.2. The van der Waals surface area contributed by atoms with Crippen LogP contribution in [0.2, 0.25) is 0 Å². The molecule has 0 radical (unpaired) electrons. The van der Waals surface area contributed by atoms with Crippen molar-refractivity contribution in [2.75, 3.05) is 39.8 Å². The average Bonchev–Trinajstić information content (AvgIpc) is 2.79. The van der Waals surface area contributed by atoms with Crippen LogP contribution < -0.4 is 0 Å². The van der Waals surface area contributed by atoms with Crippen LogP contribution in [-0.4, -0.2) is 68.2 Å². The number of amides is 1. The fraction of sp³-hybridized carbons (Fsp3) is 0.320. The number of fused-ring (bicyclic) bond motifs is 1. The van der Waals surface area contributed by atoms with Gasteiger partial charge in [-0.15, -0.1) is 0 Å². The van der Waals surface area contributed by atoms with Crippen molar-refractivity contribution < 1.29 is 13.2 Å². The van der Waals surface area contributed by atoms with Gasteiger partial charge in [-0.2, -0.15) is 4.31 Å². The molecule has 3 aromatic rings. The maximum Gasteiger partial charge on any atom is 0.236 e. The van der Waals surface area contributed by atoms with Gasteiger partial charge in [-0.1, -0.05) is 66.7 Å². The van der Waals surface area contributed by atoms with E-state index in [0.717, 1.165) is 11.1 Å². The second-order valence-electron chi connectivity index (χ2n) is 8.38. The Morgan fingerprint density at radius 2 is 1.50 bits per heavy atom. The van der Waals surface area contributed by atoms with Gasteiger partial charge < -0.3 is 4.90 Å². The fourth-order valence-electron chi connectivity index (χ4n) is 4.13. The molecule has 0 atom stereocenters. The van der Waals surface area contributed by atoms with Crippen molar-refractivity contribution in [1.82, 2.24) is 14.1 Å². The molecule has 1 amide bonds. The fourth-order valence-corrected chi connectivity index (χ4v) is 5.64. The molecule has 1 saturated heterocycles. The lowest BCUT2D eigenvalue weighted by Gasteiger charge is -2.34. The van der Waals surface area contributed by atoms with E-state index in [1.807, 2.05) is 54.4 Å². The molecule has 1 fully saturated rings. The maximum atomic E-state index is 12.8. The predicted molar refractivity (Wildman–Crippen MR) is 128 cm³/mol. The van der Waals surface area contributed by atoms with E-state index in [-0.39, 0.29) is 11.7 Å². The number of carbonyl (C=O) groups excluding carboxylic acids is 1. The lowest BCUT2D eigenvalue weighted by Crippen LogP contribution is -2.52. The Morgan fingerprint density at radius 3 is 2.22 bits per heavy atom. The smallest absolute Gasteiger partial charge is 0.236 e. The van der Waals surface area contributed by atoms with Gasteiger partial charge in [-0.3, -0.25) is 9.69 Å². The molecule has 1 heterocycles. The van der Waals surface area contributed by atoms with Crippen LogP contribution >= 0.6 is 0 Å². The van der Waals surface area contributed by atoms with Crippen molar-refractivity contribution in [3.63, 3.8) is 0 Å². The molecule has 0 spiro atoms. The van der Waals surface area contributed by atoms with Crippen molar-refractivity contribution in [3.8, 4) is 0 Å². The Labute approximate surface area is 190 Å². The first-order chi connectivity index (χ1) is 15.4. The standard InChI is InChI=1S/C25H29N3O3S/c1-26(18-22-11-12-23-9-5-6-10-24(23)17-22)19-25(29)27-13-15-28(16-14-27)32(30,31)20-21-7-3-2-4-8-21/h2-12,17H,13-16,18-20H2,1H3. The van der Waals surface area contributed by atoms with E-state index >= 15 is 0 Å². The van der Waals surface area contributed by atoms with E-state index in [2.05, 4.69) is 30.3 Å². The molecule has 168 valence electrons. The first-order valence-corrected chi connectivity index (χ1v) is 12.5. The van der Waals surface area contributed by atoms with Gasteiger partial charge in [-0.05, 0) is 35.0 Å². The number of hydrogen-bond donors (Lipinski definition) is 0. The van der Waals surface area contributed by atoms with E-state index in [9.17, 15) is 13.2 Å². The van der Waals surface area contributed by atoms with Crippen molar-refractivity contribution in [2.24, 2.45) is 0 Å². The molecule has 0 N–H and O–H groups in total. The third kappa shape index (κ3) is 5.54. The minimum atomic E-state index is -3.38. The number of piperazine rings is 1. The first-order valence-electron chi connectivity index (χ1n) is 10.9. The highest BCUT2D eigenvalue weighted by molar-refractivity contribution is 7.88. The molecule has 0 aliphatic carbocycles. The quantitative estimate of drug-likeness (QED) is 0.554. The average molecular weight is 452 g/mol. The molecule has 0 aromatic heterocycles. The van der Waals surface area contributed by atoms with Crippen molar-refractivity contribution in [1.29, 1.82) is 0 Å². The van der Waals surface area contributed by atoms with Gasteiger partial charge in [-0.25, -0.2) is 8.42 Å². The monoisotopic (exact) mass is 451 g/mol. The number of sulfonamides is 1. The summed E-state index contributed by atoms with van der Waals surface area (Å²) in [6.45, 7) is 2.53. The topological polar surface area (TPSA) is 60.9 Å². The van der Waals surface area contributed by atoms with Gasteiger partial charge in [0, 0.05) is 32.7 Å². The Bertz CT molecular complexity index is 1170. The summed E-state index contributed by atoms with van der Waals surface area (Å²) in [5, 5.41) is 2.40. The molecule has 4 rings (SSSR count). The summed E-state index contributed by atoms with van der Waals surface area (Å²) in [4.78, 5) is 16.5. The van der Waals surface area contributed by atoms with Gasteiger partial charge in [0.05, 0.1) is 12.3 Å². The zero-order chi connectivity index (χ0) is 22.6. The lowest BCUT2D eigenvalue weighted by molar-refractivity contribution is -0.133. The van der Waals surface area contributed by atoms with Gasteiger partial charge in [0.1, 0.15) is 0 Å². The van der Waals surface area contributed by atoms with Crippen LogP contribution in [0.3, 0.4) is 0 Å². The second-order valence-corrected chi connectivity index (χ2v) is 10.3. The summed E-state index contributed by atoms with van der Waals surface area (Å²) in [6.07, 6.45) is 0. The molecule has 6 nitrogen and oxygen atoms in total. The molecule has 0 unspecified atom stereocenters. The van der Waals surface area contributed by atoms with E-state index in [1.54, 1.807) is 4.90 Å². The molecular formula is C25H29N3O3S. The Hall–Kier alpha value is -2.74. The Morgan fingerprint density at radius 1 is 0.844 bits per heavy atom. The molecule has 32 heavy (non-hydrogen) atoms. The van der Waals surface area contributed by atoms with Crippen LogP contribution in [0.1, 0.15) is 11.1 Å². The number of likely N-dealkylation sites (N-methyl/N-ethyl adjacent to an activating group) is 1. The highest BCUT2D eigenvalue weighted by Crippen LogP contribution is 2.17. The number of rotatable bonds is 7. The van der Waals surface area contributed by atoms with E-state index < -0.39 is 10.0 Å². The zero-order valence-electron chi connectivity index (χ0n) is 18.4. The minimum absolute atomic E-state index is 0.00369. The predicted octanol–water partition coefficient (Wildman–Crippen LogP) is 2.95. The summed E-state index contributed by atoms with van der Waals surface area (Å²) >= 11 is 0. The van der Waals surface area contributed by atoms with Crippen molar-refractivity contribution in [2.45, 2.75) is 12.3 Å². The minimum Gasteiger partial charge on any atom is -0.339 e. The van der Waals surface area contributed by atoms with Gasteiger partial charge in [0.25, 0.3) is 0 Å². The number of hydrogen-bond acceptors (Lipinski definition) is 4. The zero-order valence-corrected chi connectivity index (χ0v) is 19.2. The number of carbonyl (C=O) groups is 1. The summed E-state index contributed by atoms with van der Waals surface area (Å²) in [5.41, 5.74) is 1.94. The van der Waals surface area contributed by atoms with Crippen LogP contribution in [0.25, 0.3) is 10.8 Å². The summed E-state index contributed by atoms with van der Waals surface area (Å²) in [7, 11) is -1.44. The molecule has 1 aliphatic heterocycles. The summed E-state index contributed by atoms with van der Waals surface area (Å²) in [6, 6.07) is 23.8. The molecule has 0 bridgehead atoms. The molecule has 7 heteroatoms. The molecule has 1 aliphatic rings. The summed E-state index contributed by atoms with van der Waals surface area (Å²) in [5.74, 6) is 0.0319. The maximum absolute atomic E-state index is 12.8. The largest absolute Gasteiger partial charge is 0.339 e. The third-order valence-electron chi connectivity index (χ3n) is 5.85. The van der Waals surface area contributed by atoms with Gasteiger partial charge in [0.2, 0.25) is 15.9 Å².